The smallest absolute Gasteiger partial charge is 0.293 e. The van der Waals surface area contributed by atoms with Crippen molar-refractivity contribution < 1.29 is 13.3 Å². The van der Waals surface area contributed by atoms with Crippen LogP contribution in [0, 0.1) is 10.1 Å². The van der Waals surface area contributed by atoms with Gasteiger partial charge < -0.3 is 5.32 Å². The number of rotatable bonds is 6. The van der Waals surface area contributed by atoms with E-state index >= 15 is 0 Å². The number of aromatic amines is 1. The van der Waals surface area contributed by atoms with Gasteiger partial charge in [0, 0.05) is 12.3 Å². The largest absolute Gasteiger partial charge is 0.371 e. The van der Waals surface area contributed by atoms with Crippen LogP contribution in [0.2, 0.25) is 0 Å². The molecule has 0 aliphatic carbocycles. The van der Waals surface area contributed by atoms with Crippen molar-refractivity contribution >= 4 is 21.4 Å². The number of benzene rings is 1. The van der Waals surface area contributed by atoms with E-state index in [9.17, 15) is 18.5 Å². The van der Waals surface area contributed by atoms with E-state index in [2.05, 4.69) is 20.2 Å². The second-order valence-electron chi connectivity index (χ2n) is 4.52. The second-order valence-corrected chi connectivity index (χ2v) is 6.41. The Kier molecular flexibility index (Phi) is 4.43. The van der Waals surface area contributed by atoms with Gasteiger partial charge in [-0.25, -0.2) is 13.1 Å². The number of nitro groups is 1. The van der Waals surface area contributed by atoms with Gasteiger partial charge in [0.25, 0.3) is 5.69 Å². The summed E-state index contributed by atoms with van der Waals surface area (Å²) in [6.07, 6.45) is 1.57. The lowest BCUT2D eigenvalue weighted by Gasteiger charge is -2.14. The molecule has 2 rings (SSSR count). The minimum Gasteiger partial charge on any atom is -0.371 e. The Morgan fingerprint density at radius 2 is 2.09 bits per heavy atom. The molecular weight excluding hydrogens is 310 g/mol. The summed E-state index contributed by atoms with van der Waals surface area (Å²) in [5.74, 6) is 0. The number of aromatic nitrogens is 2. The lowest BCUT2D eigenvalue weighted by Crippen LogP contribution is -2.19. The average molecular weight is 325 g/mol. The van der Waals surface area contributed by atoms with Crippen LogP contribution in [0.4, 0.5) is 11.4 Å². The summed E-state index contributed by atoms with van der Waals surface area (Å²) >= 11 is 0. The zero-order valence-corrected chi connectivity index (χ0v) is 12.7. The molecule has 0 radical (unpaired) electrons. The van der Waals surface area contributed by atoms with Crippen molar-refractivity contribution in [2.24, 2.45) is 0 Å². The lowest BCUT2D eigenvalue weighted by molar-refractivity contribution is -0.384. The molecule has 2 aromatic rings. The molecule has 0 fully saturated rings. The van der Waals surface area contributed by atoms with Crippen molar-refractivity contribution in [2.75, 3.05) is 12.4 Å². The highest BCUT2D eigenvalue weighted by Crippen LogP contribution is 2.30. The van der Waals surface area contributed by atoms with Crippen LogP contribution in [0.3, 0.4) is 0 Å². The monoisotopic (exact) mass is 325 g/mol. The molecule has 9 nitrogen and oxygen atoms in total. The molecule has 0 aliphatic heterocycles. The predicted octanol–water partition coefficient (Wildman–Crippen LogP) is 1.40. The van der Waals surface area contributed by atoms with Crippen LogP contribution < -0.4 is 10.0 Å². The van der Waals surface area contributed by atoms with Crippen LogP contribution in [-0.4, -0.2) is 30.6 Å². The van der Waals surface area contributed by atoms with Crippen LogP contribution in [0.1, 0.15) is 18.7 Å². The lowest BCUT2D eigenvalue weighted by atomic mass is 10.2. The Balaban J connectivity index is 2.38. The van der Waals surface area contributed by atoms with Crippen molar-refractivity contribution in [3.05, 3.63) is 46.3 Å². The molecule has 0 amide bonds. The molecule has 0 aliphatic rings. The van der Waals surface area contributed by atoms with E-state index in [-0.39, 0.29) is 22.3 Å². The number of hydrogen-bond donors (Lipinski definition) is 3. The Bertz CT molecular complexity index is 773. The number of H-pyrrole nitrogens is 1. The molecule has 0 unspecified atom stereocenters. The third-order valence-corrected chi connectivity index (χ3v) is 4.52. The Labute approximate surface area is 126 Å². The van der Waals surface area contributed by atoms with E-state index in [1.165, 1.54) is 19.2 Å². The number of nitrogens with zero attached hydrogens (tertiary/aromatic N) is 2. The van der Waals surface area contributed by atoms with Crippen molar-refractivity contribution in [3.63, 3.8) is 0 Å². The van der Waals surface area contributed by atoms with E-state index in [0.717, 1.165) is 11.8 Å². The van der Waals surface area contributed by atoms with Gasteiger partial charge in [0.15, 0.2) is 0 Å². The quantitative estimate of drug-likeness (QED) is 0.543. The maximum atomic E-state index is 11.7. The normalized spacial score (nSPS) is 12.8. The molecule has 118 valence electrons. The topological polar surface area (TPSA) is 130 Å². The summed E-state index contributed by atoms with van der Waals surface area (Å²) in [4.78, 5) is 10.4. The zero-order valence-electron chi connectivity index (χ0n) is 11.9. The highest BCUT2D eigenvalue weighted by atomic mass is 32.2. The molecule has 0 saturated heterocycles. The van der Waals surface area contributed by atoms with Crippen molar-refractivity contribution in [1.82, 2.24) is 14.9 Å². The highest BCUT2D eigenvalue weighted by Gasteiger charge is 2.21. The fraction of sp³-hybridized carbons (Fsp3) is 0.250. The summed E-state index contributed by atoms with van der Waals surface area (Å²) in [5.41, 5.74) is 0.658. The summed E-state index contributed by atoms with van der Waals surface area (Å²) in [6, 6.07) is 5.18. The molecule has 0 spiro atoms. The maximum Gasteiger partial charge on any atom is 0.293 e. The van der Waals surface area contributed by atoms with Crippen molar-refractivity contribution in [2.45, 2.75) is 17.9 Å². The van der Waals surface area contributed by atoms with Gasteiger partial charge in [-0.15, -0.1) is 0 Å². The summed E-state index contributed by atoms with van der Waals surface area (Å²) < 4.78 is 25.6. The molecular formula is C12H15N5O4S. The molecule has 1 aromatic heterocycles. The van der Waals surface area contributed by atoms with E-state index in [0.29, 0.717) is 0 Å². The molecule has 1 atom stereocenters. The van der Waals surface area contributed by atoms with Crippen LogP contribution in [0.15, 0.2) is 35.4 Å². The maximum absolute atomic E-state index is 11.7. The molecule has 0 bridgehead atoms. The van der Waals surface area contributed by atoms with Gasteiger partial charge in [-0.2, -0.15) is 5.10 Å². The predicted molar refractivity (Wildman–Crippen MR) is 80.0 cm³/mol. The van der Waals surface area contributed by atoms with Gasteiger partial charge >= 0.3 is 0 Å². The first-order valence-corrected chi connectivity index (χ1v) is 7.81. The van der Waals surface area contributed by atoms with Crippen LogP contribution in [0.25, 0.3) is 0 Å². The van der Waals surface area contributed by atoms with Gasteiger partial charge in [-0.1, -0.05) is 0 Å². The SMILES string of the molecule is CNS(=O)(=O)c1ccc(N[C@H](C)c2ccn[nH]2)c([N+](=O)[O-])c1. The Hall–Kier alpha value is -2.46. The molecule has 3 N–H and O–H groups in total. The van der Waals surface area contributed by atoms with Gasteiger partial charge in [-0.3, -0.25) is 15.2 Å². The van der Waals surface area contributed by atoms with Gasteiger partial charge in [0.05, 0.1) is 21.6 Å². The molecule has 1 heterocycles. The zero-order chi connectivity index (χ0) is 16.3. The van der Waals surface area contributed by atoms with E-state index in [1.54, 1.807) is 19.2 Å². The number of nitrogens with one attached hydrogen (secondary N) is 3. The molecule has 10 heteroatoms. The van der Waals surface area contributed by atoms with E-state index in [4.69, 9.17) is 0 Å². The van der Waals surface area contributed by atoms with Crippen molar-refractivity contribution in [1.29, 1.82) is 0 Å². The summed E-state index contributed by atoms with van der Waals surface area (Å²) in [6.45, 7) is 1.80. The third-order valence-electron chi connectivity index (χ3n) is 3.11. The molecule has 1 aromatic carbocycles. The number of hydrogen-bond acceptors (Lipinski definition) is 6. The van der Waals surface area contributed by atoms with Crippen LogP contribution in [0.5, 0.6) is 0 Å². The van der Waals surface area contributed by atoms with Gasteiger partial charge in [-0.05, 0) is 32.2 Å². The minimum atomic E-state index is -3.74. The Morgan fingerprint density at radius 3 is 2.64 bits per heavy atom. The second kappa shape index (κ2) is 6.12. The third kappa shape index (κ3) is 3.23. The minimum absolute atomic E-state index is 0.165. The highest BCUT2D eigenvalue weighted by molar-refractivity contribution is 7.89. The standard InChI is InChI=1S/C12H15N5O4S/c1-8(10-5-6-14-16-10)15-11-4-3-9(22(20,21)13-2)7-12(11)17(18)19/h3-8,13,15H,1-2H3,(H,14,16)/t8-/m1/s1. The first kappa shape index (κ1) is 15.9. The van der Waals surface area contributed by atoms with Crippen molar-refractivity contribution in [3.8, 4) is 0 Å². The number of sulfonamides is 1. The van der Waals surface area contributed by atoms with E-state index < -0.39 is 14.9 Å². The molecule has 0 saturated carbocycles. The summed E-state index contributed by atoms with van der Waals surface area (Å²) in [5, 5.41) is 20.7. The van der Waals surface area contributed by atoms with Crippen LogP contribution >= 0.6 is 0 Å². The first-order valence-electron chi connectivity index (χ1n) is 6.33. The van der Waals surface area contributed by atoms with Crippen LogP contribution in [-0.2, 0) is 10.0 Å². The van der Waals surface area contributed by atoms with Gasteiger partial charge in [0.2, 0.25) is 10.0 Å². The van der Waals surface area contributed by atoms with Gasteiger partial charge in [0.1, 0.15) is 5.69 Å². The number of nitro benzene ring substituents is 1. The fourth-order valence-corrected chi connectivity index (χ4v) is 2.64. The Morgan fingerprint density at radius 1 is 1.36 bits per heavy atom. The first-order chi connectivity index (χ1) is 10.3. The van der Waals surface area contributed by atoms with E-state index in [1.807, 2.05) is 0 Å². The molecule has 22 heavy (non-hydrogen) atoms. The average Bonchev–Trinajstić information content (AvgIpc) is 3.01. The fourth-order valence-electron chi connectivity index (χ4n) is 1.89. The summed E-state index contributed by atoms with van der Waals surface area (Å²) in [7, 11) is -2.50. The number of anilines is 1.